The standard InChI is InChI=1S/C13H29NO4/c1-5-6-7-16-8-9-17-11-12(15)10-14-18-13(2,3)4/h12,14-15H,5-11H2,1-4H3. The fourth-order valence-corrected chi connectivity index (χ4v) is 1.10. The maximum atomic E-state index is 9.58. The summed E-state index contributed by atoms with van der Waals surface area (Å²) in [6.45, 7) is 10.5. The van der Waals surface area contributed by atoms with Gasteiger partial charge in [-0.15, -0.1) is 0 Å². The van der Waals surface area contributed by atoms with E-state index >= 15 is 0 Å². The molecular weight excluding hydrogens is 234 g/mol. The number of unbranched alkanes of at least 4 members (excludes halogenated alkanes) is 1. The largest absolute Gasteiger partial charge is 0.389 e. The summed E-state index contributed by atoms with van der Waals surface area (Å²) in [6.07, 6.45) is 1.65. The van der Waals surface area contributed by atoms with Crippen LogP contribution in [0, 0.1) is 0 Å². The van der Waals surface area contributed by atoms with Crippen molar-refractivity contribution >= 4 is 0 Å². The maximum Gasteiger partial charge on any atom is 0.0920 e. The molecule has 0 amide bonds. The zero-order valence-electron chi connectivity index (χ0n) is 12.2. The minimum absolute atomic E-state index is 0.256. The molecule has 0 heterocycles. The molecule has 0 aliphatic heterocycles. The molecule has 5 heteroatoms. The van der Waals surface area contributed by atoms with Crippen LogP contribution in [0.15, 0.2) is 0 Å². The predicted molar refractivity (Wildman–Crippen MR) is 71.4 cm³/mol. The molecule has 1 unspecified atom stereocenters. The highest BCUT2D eigenvalue weighted by molar-refractivity contribution is 4.59. The fraction of sp³-hybridized carbons (Fsp3) is 1.00. The molecular formula is C13H29NO4. The van der Waals surface area contributed by atoms with Crippen molar-refractivity contribution in [3.63, 3.8) is 0 Å². The van der Waals surface area contributed by atoms with Gasteiger partial charge in [-0.3, -0.25) is 4.84 Å². The summed E-state index contributed by atoms with van der Waals surface area (Å²) in [7, 11) is 0. The number of hydroxylamine groups is 1. The van der Waals surface area contributed by atoms with Crippen molar-refractivity contribution in [2.45, 2.75) is 52.2 Å². The minimum Gasteiger partial charge on any atom is -0.389 e. The van der Waals surface area contributed by atoms with Gasteiger partial charge in [0.2, 0.25) is 0 Å². The highest BCUT2D eigenvalue weighted by Gasteiger charge is 2.11. The molecule has 0 saturated carbocycles. The molecule has 18 heavy (non-hydrogen) atoms. The van der Waals surface area contributed by atoms with E-state index in [4.69, 9.17) is 14.3 Å². The van der Waals surface area contributed by atoms with Gasteiger partial charge in [0.25, 0.3) is 0 Å². The minimum atomic E-state index is -0.567. The fourth-order valence-electron chi connectivity index (χ4n) is 1.10. The van der Waals surface area contributed by atoms with Crippen molar-refractivity contribution < 1.29 is 19.4 Å². The van der Waals surface area contributed by atoms with Gasteiger partial charge in [0.15, 0.2) is 0 Å². The van der Waals surface area contributed by atoms with E-state index < -0.39 is 6.10 Å². The molecule has 0 aromatic heterocycles. The van der Waals surface area contributed by atoms with Crippen LogP contribution in [0.5, 0.6) is 0 Å². The van der Waals surface area contributed by atoms with E-state index in [1.165, 1.54) is 0 Å². The number of hydrogen-bond acceptors (Lipinski definition) is 5. The quantitative estimate of drug-likeness (QED) is 0.437. The molecule has 0 aromatic carbocycles. The Labute approximate surface area is 111 Å². The van der Waals surface area contributed by atoms with Gasteiger partial charge in [-0.1, -0.05) is 13.3 Å². The van der Waals surface area contributed by atoms with Crippen LogP contribution in [0.25, 0.3) is 0 Å². The summed E-state index contributed by atoms with van der Waals surface area (Å²) in [5, 5.41) is 9.58. The number of rotatable bonds is 11. The Kier molecular flexibility index (Phi) is 10.6. The second kappa shape index (κ2) is 10.7. The van der Waals surface area contributed by atoms with Gasteiger partial charge >= 0.3 is 0 Å². The Hall–Kier alpha value is -0.200. The lowest BCUT2D eigenvalue weighted by Crippen LogP contribution is -2.36. The first-order chi connectivity index (χ1) is 8.45. The highest BCUT2D eigenvalue weighted by atomic mass is 16.7. The summed E-state index contributed by atoms with van der Waals surface area (Å²) in [5.74, 6) is 0. The molecule has 0 radical (unpaired) electrons. The van der Waals surface area contributed by atoms with Crippen molar-refractivity contribution in [2.24, 2.45) is 0 Å². The monoisotopic (exact) mass is 263 g/mol. The van der Waals surface area contributed by atoms with Crippen LogP contribution in [0.3, 0.4) is 0 Å². The molecule has 0 aliphatic rings. The molecule has 0 rings (SSSR count). The number of aliphatic hydroxyl groups excluding tert-OH is 1. The van der Waals surface area contributed by atoms with Gasteiger partial charge in [0.05, 0.1) is 31.5 Å². The predicted octanol–water partition coefficient (Wildman–Crippen LogP) is 1.50. The van der Waals surface area contributed by atoms with Crippen molar-refractivity contribution in [1.82, 2.24) is 5.48 Å². The molecule has 110 valence electrons. The number of aliphatic hydroxyl groups is 1. The number of nitrogens with one attached hydrogen (secondary N) is 1. The second-order valence-corrected chi connectivity index (χ2v) is 5.26. The first-order valence-electron chi connectivity index (χ1n) is 6.70. The van der Waals surface area contributed by atoms with Gasteiger partial charge in [0, 0.05) is 13.2 Å². The molecule has 0 aliphatic carbocycles. The van der Waals surface area contributed by atoms with Gasteiger partial charge in [-0.25, -0.2) is 0 Å². The zero-order valence-corrected chi connectivity index (χ0v) is 12.2. The smallest absolute Gasteiger partial charge is 0.0920 e. The van der Waals surface area contributed by atoms with Crippen molar-refractivity contribution in [1.29, 1.82) is 0 Å². The van der Waals surface area contributed by atoms with Gasteiger partial charge in [-0.2, -0.15) is 5.48 Å². The van der Waals surface area contributed by atoms with E-state index in [0.29, 0.717) is 19.8 Å². The van der Waals surface area contributed by atoms with Crippen molar-refractivity contribution in [2.75, 3.05) is 33.0 Å². The molecule has 0 saturated heterocycles. The number of hydrogen-bond donors (Lipinski definition) is 2. The SMILES string of the molecule is CCCCOCCOCC(O)CNOC(C)(C)C. The Morgan fingerprint density at radius 2 is 1.78 bits per heavy atom. The third kappa shape index (κ3) is 13.9. The lowest BCUT2D eigenvalue weighted by Gasteiger charge is -2.20. The van der Waals surface area contributed by atoms with Crippen LogP contribution < -0.4 is 5.48 Å². The van der Waals surface area contributed by atoms with Crippen LogP contribution in [-0.2, 0) is 14.3 Å². The maximum absolute atomic E-state index is 9.58. The lowest BCUT2D eigenvalue weighted by atomic mass is 10.2. The summed E-state index contributed by atoms with van der Waals surface area (Å²) in [6, 6.07) is 0. The van der Waals surface area contributed by atoms with E-state index in [-0.39, 0.29) is 12.2 Å². The molecule has 1 atom stereocenters. The Morgan fingerprint density at radius 1 is 1.11 bits per heavy atom. The second-order valence-electron chi connectivity index (χ2n) is 5.26. The zero-order chi connectivity index (χ0) is 13.9. The van der Waals surface area contributed by atoms with Crippen molar-refractivity contribution in [3.8, 4) is 0 Å². The lowest BCUT2D eigenvalue weighted by molar-refractivity contribution is -0.0904. The van der Waals surface area contributed by atoms with Crippen LogP contribution in [0.2, 0.25) is 0 Å². The summed E-state index contributed by atoms with van der Waals surface area (Å²) in [5.41, 5.74) is 2.48. The van der Waals surface area contributed by atoms with Gasteiger partial charge in [0.1, 0.15) is 0 Å². The Balaban J connectivity index is 3.24. The third-order valence-electron chi connectivity index (χ3n) is 2.02. The first kappa shape index (κ1) is 17.8. The topological polar surface area (TPSA) is 60.0 Å². The summed E-state index contributed by atoms with van der Waals surface area (Å²) < 4.78 is 10.6. The average Bonchev–Trinajstić information content (AvgIpc) is 2.26. The molecule has 0 fully saturated rings. The normalized spacial score (nSPS) is 13.8. The summed E-state index contributed by atoms with van der Waals surface area (Å²) >= 11 is 0. The number of ether oxygens (including phenoxy) is 2. The molecule has 0 bridgehead atoms. The Bertz CT molecular complexity index is 182. The van der Waals surface area contributed by atoms with Gasteiger partial charge < -0.3 is 14.6 Å². The molecule has 0 aromatic rings. The average molecular weight is 263 g/mol. The highest BCUT2D eigenvalue weighted by Crippen LogP contribution is 2.03. The first-order valence-corrected chi connectivity index (χ1v) is 6.70. The van der Waals surface area contributed by atoms with Crippen molar-refractivity contribution in [3.05, 3.63) is 0 Å². The van der Waals surface area contributed by atoms with Crippen LogP contribution >= 0.6 is 0 Å². The third-order valence-corrected chi connectivity index (χ3v) is 2.02. The molecule has 5 nitrogen and oxygen atoms in total. The van der Waals surface area contributed by atoms with Gasteiger partial charge in [-0.05, 0) is 27.2 Å². The van der Waals surface area contributed by atoms with E-state index in [9.17, 15) is 5.11 Å². The van der Waals surface area contributed by atoms with E-state index in [1.54, 1.807) is 0 Å². The van der Waals surface area contributed by atoms with Crippen LogP contribution in [0.4, 0.5) is 0 Å². The van der Waals surface area contributed by atoms with Crippen LogP contribution in [-0.4, -0.2) is 49.8 Å². The van der Waals surface area contributed by atoms with E-state index in [2.05, 4.69) is 12.4 Å². The summed E-state index contributed by atoms with van der Waals surface area (Å²) in [4.78, 5) is 5.28. The van der Waals surface area contributed by atoms with E-state index in [0.717, 1.165) is 19.4 Å². The van der Waals surface area contributed by atoms with E-state index in [1.807, 2.05) is 20.8 Å². The van der Waals surface area contributed by atoms with Crippen LogP contribution in [0.1, 0.15) is 40.5 Å². The molecule has 0 spiro atoms. The Morgan fingerprint density at radius 3 is 2.39 bits per heavy atom. The molecule has 2 N–H and O–H groups in total.